The summed E-state index contributed by atoms with van der Waals surface area (Å²) in [6.07, 6.45) is -0.970. The van der Waals surface area contributed by atoms with Crippen LogP contribution in [0.5, 0.6) is 0 Å². The van der Waals surface area contributed by atoms with Crippen molar-refractivity contribution in [3.63, 3.8) is 0 Å². The van der Waals surface area contributed by atoms with Crippen LogP contribution < -0.4 is 5.32 Å². The number of benzene rings is 2. The van der Waals surface area contributed by atoms with Gasteiger partial charge in [0.2, 0.25) is 5.78 Å². The first-order valence-electron chi connectivity index (χ1n) is 9.41. The molecular formula is C23H26ClNO4. The third kappa shape index (κ3) is 5.91. The quantitative estimate of drug-likeness (QED) is 0.554. The highest BCUT2D eigenvalue weighted by Gasteiger charge is 2.25. The van der Waals surface area contributed by atoms with Crippen molar-refractivity contribution in [2.45, 2.75) is 52.2 Å². The highest BCUT2D eigenvalue weighted by molar-refractivity contribution is 6.33. The van der Waals surface area contributed by atoms with E-state index in [0.29, 0.717) is 5.56 Å². The van der Waals surface area contributed by atoms with Crippen molar-refractivity contribution in [3.8, 4) is 0 Å². The highest BCUT2D eigenvalue weighted by Crippen LogP contribution is 2.22. The second kappa shape index (κ2) is 9.23. The van der Waals surface area contributed by atoms with Crippen LogP contribution in [0.3, 0.4) is 0 Å². The molecule has 1 amide bonds. The van der Waals surface area contributed by atoms with Gasteiger partial charge in [-0.1, -0.05) is 68.8 Å². The van der Waals surface area contributed by atoms with Crippen LogP contribution in [-0.4, -0.2) is 29.8 Å². The maximum atomic E-state index is 12.6. The van der Waals surface area contributed by atoms with E-state index in [0.717, 1.165) is 5.56 Å². The van der Waals surface area contributed by atoms with Crippen molar-refractivity contribution >= 4 is 29.3 Å². The molecule has 0 aromatic heterocycles. The van der Waals surface area contributed by atoms with Crippen LogP contribution in [0.4, 0.5) is 0 Å². The van der Waals surface area contributed by atoms with Crippen molar-refractivity contribution in [2.24, 2.45) is 0 Å². The maximum Gasteiger partial charge on any atom is 0.329 e. The molecule has 2 aromatic rings. The first-order valence-corrected chi connectivity index (χ1v) is 9.79. The molecule has 0 aliphatic carbocycles. The fourth-order valence-corrected chi connectivity index (χ4v) is 2.90. The molecule has 0 saturated heterocycles. The van der Waals surface area contributed by atoms with Gasteiger partial charge in [0.1, 0.15) is 6.04 Å². The minimum atomic E-state index is -0.970. The van der Waals surface area contributed by atoms with Crippen LogP contribution in [0.1, 0.15) is 60.9 Å². The van der Waals surface area contributed by atoms with E-state index in [1.54, 1.807) is 36.4 Å². The predicted molar refractivity (Wildman–Crippen MR) is 113 cm³/mol. The van der Waals surface area contributed by atoms with Crippen molar-refractivity contribution in [3.05, 3.63) is 70.2 Å². The molecule has 154 valence electrons. The number of nitrogens with one attached hydrogen (secondary N) is 1. The van der Waals surface area contributed by atoms with Crippen LogP contribution in [0.2, 0.25) is 5.02 Å². The summed E-state index contributed by atoms with van der Waals surface area (Å²) in [7, 11) is 0. The molecule has 0 spiro atoms. The molecule has 0 aliphatic heterocycles. The molecule has 2 atom stereocenters. The van der Waals surface area contributed by atoms with Crippen LogP contribution >= 0.6 is 11.6 Å². The number of esters is 1. The van der Waals surface area contributed by atoms with Crippen molar-refractivity contribution < 1.29 is 19.1 Å². The topological polar surface area (TPSA) is 72.5 Å². The number of ketones is 1. The first-order chi connectivity index (χ1) is 13.5. The molecular weight excluding hydrogens is 390 g/mol. The lowest BCUT2D eigenvalue weighted by molar-refractivity contribution is -0.148. The number of halogens is 1. The van der Waals surface area contributed by atoms with Gasteiger partial charge in [0, 0.05) is 5.56 Å². The zero-order chi connectivity index (χ0) is 21.8. The van der Waals surface area contributed by atoms with Crippen LogP contribution in [0, 0.1) is 0 Å². The molecule has 0 saturated carbocycles. The van der Waals surface area contributed by atoms with Gasteiger partial charge >= 0.3 is 5.97 Å². The van der Waals surface area contributed by atoms with Crippen LogP contribution in [0.15, 0.2) is 48.5 Å². The van der Waals surface area contributed by atoms with E-state index < -0.39 is 24.0 Å². The molecule has 5 nitrogen and oxygen atoms in total. The molecule has 29 heavy (non-hydrogen) atoms. The van der Waals surface area contributed by atoms with Gasteiger partial charge in [0.05, 0.1) is 10.6 Å². The summed E-state index contributed by atoms with van der Waals surface area (Å²) in [5, 5.41) is 2.82. The zero-order valence-corrected chi connectivity index (χ0v) is 18.0. The number of hydrogen-bond donors (Lipinski definition) is 1. The fraction of sp³-hybridized carbons (Fsp3) is 0.348. The summed E-state index contributed by atoms with van der Waals surface area (Å²) in [4.78, 5) is 37.1. The minimum absolute atomic E-state index is 0.0189. The lowest BCUT2D eigenvalue weighted by atomic mass is 9.86. The Kier molecular flexibility index (Phi) is 7.20. The molecule has 2 rings (SSSR count). The van der Waals surface area contributed by atoms with E-state index in [1.807, 2.05) is 12.1 Å². The number of carbonyl (C=O) groups is 3. The van der Waals surface area contributed by atoms with Gasteiger partial charge in [-0.25, -0.2) is 4.79 Å². The minimum Gasteiger partial charge on any atom is -0.453 e. The van der Waals surface area contributed by atoms with Gasteiger partial charge in [0.15, 0.2) is 6.10 Å². The Hall–Kier alpha value is -2.66. The Morgan fingerprint density at radius 1 is 0.966 bits per heavy atom. The lowest BCUT2D eigenvalue weighted by Crippen LogP contribution is -2.41. The van der Waals surface area contributed by atoms with Gasteiger partial charge in [-0.2, -0.15) is 0 Å². The largest absolute Gasteiger partial charge is 0.453 e. The molecule has 0 bridgehead atoms. The average Bonchev–Trinajstić information content (AvgIpc) is 2.66. The van der Waals surface area contributed by atoms with Gasteiger partial charge in [-0.15, -0.1) is 0 Å². The Balaban J connectivity index is 1.97. The second-order valence-corrected chi connectivity index (χ2v) is 8.35. The third-order valence-electron chi connectivity index (χ3n) is 4.52. The molecule has 6 heteroatoms. The summed E-state index contributed by atoms with van der Waals surface area (Å²) in [6, 6.07) is 12.9. The summed E-state index contributed by atoms with van der Waals surface area (Å²) in [5.74, 6) is -1.49. The van der Waals surface area contributed by atoms with E-state index >= 15 is 0 Å². The molecule has 0 fully saturated rings. The normalized spacial score (nSPS) is 13.3. The molecule has 2 aromatic carbocycles. The zero-order valence-electron chi connectivity index (χ0n) is 17.3. The summed E-state index contributed by atoms with van der Waals surface area (Å²) in [5.41, 5.74) is 1.81. The maximum absolute atomic E-state index is 12.6. The predicted octanol–water partition coefficient (Wildman–Crippen LogP) is 4.57. The number of Topliss-reactive ketones (excluding diaryl/α,β-unsaturated/α-hetero) is 1. The van der Waals surface area contributed by atoms with Crippen molar-refractivity contribution in [2.75, 3.05) is 0 Å². The molecule has 1 N–H and O–H groups in total. The Labute approximate surface area is 176 Å². The number of hydrogen-bond acceptors (Lipinski definition) is 4. The van der Waals surface area contributed by atoms with Gasteiger partial charge in [-0.3, -0.25) is 9.59 Å². The average molecular weight is 416 g/mol. The smallest absolute Gasteiger partial charge is 0.329 e. The first kappa shape index (κ1) is 22.6. The number of carbonyl (C=O) groups excluding carboxylic acids is 3. The molecule has 0 aliphatic rings. The van der Waals surface area contributed by atoms with Crippen molar-refractivity contribution in [1.82, 2.24) is 5.32 Å². The van der Waals surface area contributed by atoms with Crippen molar-refractivity contribution in [1.29, 1.82) is 0 Å². The fourth-order valence-electron chi connectivity index (χ4n) is 2.68. The summed E-state index contributed by atoms with van der Waals surface area (Å²) in [6.45, 7) is 9.28. The number of rotatable bonds is 6. The summed E-state index contributed by atoms with van der Waals surface area (Å²) < 4.78 is 5.26. The Bertz CT molecular complexity index is 900. The van der Waals surface area contributed by atoms with Crippen LogP contribution in [0.25, 0.3) is 0 Å². The SMILES string of the molecule is C[C@H](NC(=O)c1ccccc1Cl)C(=O)O[C@@H](C)C(=O)c1ccc(C(C)(C)C)cc1. The molecule has 0 unspecified atom stereocenters. The van der Waals surface area contributed by atoms with E-state index in [4.69, 9.17) is 16.3 Å². The highest BCUT2D eigenvalue weighted by atomic mass is 35.5. The Morgan fingerprint density at radius 2 is 1.55 bits per heavy atom. The lowest BCUT2D eigenvalue weighted by Gasteiger charge is -2.20. The van der Waals surface area contributed by atoms with E-state index in [2.05, 4.69) is 26.1 Å². The second-order valence-electron chi connectivity index (χ2n) is 7.95. The number of ether oxygens (including phenoxy) is 1. The molecule has 0 radical (unpaired) electrons. The van der Waals surface area contributed by atoms with E-state index in [-0.39, 0.29) is 21.8 Å². The van der Waals surface area contributed by atoms with Crippen LogP contribution in [-0.2, 0) is 14.9 Å². The van der Waals surface area contributed by atoms with E-state index in [1.165, 1.54) is 13.8 Å². The number of amides is 1. The third-order valence-corrected chi connectivity index (χ3v) is 4.85. The van der Waals surface area contributed by atoms with E-state index in [9.17, 15) is 14.4 Å². The Morgan fingerprint density at radius 3 is 2.10 bits per heavy atom. The monoisotopic (exact) mass is 415 g/mol. The molecule has 0 heterocycles. The standard InChI is InChI=1S/C23H26ClNO4/c1-14(25-21(27)18-8-6-7-9-19(18)24)22(28)29-15(2)20(26)16-10-12-17(13-11-16)23(3,4)5/h6-15H,1-5H3,(H,25,27)/t14-,15-/m0/s1. The summed E-state index contributed by atoms with van der Waals surface area (Å²) >= 11 is 5.99. The van der Waals surface area contributed by atoms with Gasteiger partial charge < -0.3 is 10.1 Å². The van der Waals surface area contributed by atoms with Gasteiger partial charge in [-0.05, 0) is 37.0 Å². The van der Waals surface area contributed by atoms with Gasteiger partial charge in [0.25, 0.3) is 5.91 Å².